The molecule has 0 aromatic carbocycles. The molecule has 1 aromatic rings. The van der Waals surface area contributed by atoms with Crippen molar-refractivity contribution >= 4 is 23.7 Å². The maximum atomic E-state index is 5.48. The first-order valence-corrected chi connectivity index (χ1v) is 6.91. The number of nitrogens with two attached hydrogens (primary N) is 3. The number of hydrogen-bond acceptors (Lipinski definition) is 7. The van der Waals surface area contributed by atoms with E-state index in [1.807, 2.05) is 11.8 Å². The quantitative estimate of drug-likeness (QED) is 0.578. The van der Waals surface area contributed by atoms with E-state index < -0.39 is 0 Å². The van der Waals surface area contributed by atoms with Crippen molar-refractivity contribution in [3.63, 3.8) is 0 Å². The third kappa shape index (κ3) is 6.28. The van der Waals surface area contributed by atoms with Crippen LogP contribution in [-0.2, 0) is 6.42 Å². The van der Waals surface area contributed by atoms with Crippen LogP contribution in [0.15, 0.2) is 0 Å². The summed E-state index contributed by atoms with van der Waals surface area (Å²) < 4.78 is 0. The molecular formula is C10H20N6S. The predicted molar refractivity (Wildman–Crippen MR) is 72.6 cm³/mol. The highest BCUT2D eigenvalue weighted by Crippen LogP contribution is 2.08. The largest absolute Gasteiger partial charge is 0.368 e. The lowest BCUT2D eigenvalue weighted by Crippen LogP contribution is -2.07. The first-order valence-electron chi connectivity index (χ1n) is 5.76. The van der Waals surface area contributed by atoms with Gasteiger partial charge < -0.3 is 17.2 Å². The summed E-state index contributed by atoms with van der Waals surface area (Å²) in [5.41, 5.74) is 16.4. The van der Waals surface area contributed by atoms with Gasteiger partial charge in [0, 0.05) is 12.2 Å². The number of aromatic nitrogens is 3. The molecule has 0 spiro atoms. The monoisotopic (exact) mass is 256 g/mol. The van der Waals surface area contributed by atoms with E-state index in [4.69, 9.17) is 17.2 Å². The van der Waals surface area contributed by atoms with Crippen molar-refractivity contribution < 1.29 is 0 Å². The van der Waals surface area contributed by atoms with Gasteiger partial charge in [0.05, 0.1) is 0 Å². The summed E-state index contributed by atoms with van der Waals surface area (Å²) in [5, 5.41) is 0. The predicted octanol–water partition coefficient (Wildman–Crippen LogP) is 0.441. The Morgan fingerprint density at radius 2 is 1.59 bits per heavy atom. The van der Waals surface area contributed by atoms with Crippen molar-refractivity contribution in [2.24, 2.45) is 5.73 Å². The molecule has 17 heavy (non-hydrogen) atoms. The lowest BCUT2D eigenvalue weighted by molar-refractivity contribution is 0.732. The van der Waals surface area contributed by atoms with Gasteiger partial charge in [-0.25, -0.2) is 0 Å². The Kier molecular flexibility index (Phi) is 6.64. The van der Waals surface area contributed by atoms with E-state index in [-0.39, 0.29) is 11.9 Å². The fourth-order valence-electron chi connectivity index (χ4n) is 1.36. The van der Waals surface area contributed by atoms with Gasteiger partial charge in [0.2, 0.25) is 11.9 Å². The van der Waals surface area contributed by atoms with Crippen molar-refractivity contribution in [2.75, 3.05) is 29.5 Å². The summed E-state index contributed by atoms with van der Waals surface area (Å²) in [4.78, 5) is 11.8. The van der Waals surface area contributed by atoms with Crippen molar-refractivity contribution in [3.05, 3.63) is 5.82 Å². The molecule has 0 saturated heterocycles. The van der Waals surface area contributed by atoms with Crippen molar-refractivity contribution in [3.8, 4) is 0 Å². The molecule has 6 nitrogen and oxygen atoms in total. The summed E-state index contributed by atoms with van der Waals surface area (Å²) in [7, 11) is 0. The van der Waals surface area contributed by atoms with Crippen LogP contribution in [0.2, 0.25) is 0 Å². The molecule has 0 amide bonds. The Balaban J connectivity index is 2.13. The number of rotatable bonds is 8. The molecule has 1 aromatic heterocycles. The number of aryl methyl sites for hydroxylation is 1. The summed E-state index contributed by atoms with van der Waals surface area (Å²) in [6, 6.07) is 0. The van der Waals surface area contributed by atoms with Crippen molar-refractivity contribution in [1.29, 1.82) is 0 Å². The van der Waals surface area contributed by atoms with Crippen LogP contribution in [0.1, 0.15) is 25.1 Å². The Hall–Kier alpha value is -1.08. The van der Waals surface area contributed by atoms with Crippen LogP contribution >= 0.6 is 11.8 Å². The molecule has 0 atom stereocenters. The zero-order valence-electron chi connectivity index (χ0n) is 9.93. The average Bonchev–Trinajstić information content (AvgIpc) is 2.26. The second-order valence-corrected chi connectivity index (χ2v) is 4.90. The first kappa shape index (κ1) is 14.0. The molecule has 0 bridgehead atoms. The summed E-state index contributed by atoms with van der Waals surface area (Å²) in [6.45, 7) is 0.786. The molecule has 7 heteroatoms. The van der Waals surface area contributed by atoms with E-state index in [9.17, 15) is 0 Å². The maximum absolute atomic E-state index is 5.48. The highest BCUT2D eigenvalue weighted by molar-refractivity contribution is 7.99. The fourth-order valence-corrected chi connectivity index (χ4v) is 2.30. The molecule has 1 rings (SSSR count). The normalized spacial score (nSPS) is 10.6. The molecule has 0 fully saturated rings. The zero-order chi connectivity index (χ0) is 12.5. The molecule has 0 saturated carbocycles. The fraction of sp³-hybridized carbons (Fsp3) is 0.700. The van der Waals surface area contributed by atoms with Crippen LogP contribution in [0, 0.1) is 0 Å². The van der Waals surface area contributed by atoms with Gasteiger partial charge in [-0.05, 0) is 25.1 Å². The van der Waals surface area contributed by atoms with E-state index in [2.05, 4.69) is 15.0 Å². The third-order valence-electron chi connectivity index (χ3n) is 2.18. The van der Waals surface area contributed by atoms with Crippen LogP contribution in [0.25, 0.3) is 0 Å². The number of nitrogen functional groups attached to an aromatic ring is 2. The standard InChI is InChI=1S/C10H20N6S/c11-5-2-1-3-6-17-7-4-8-14-9(12)16-10(13)15-8/h1-7,11H2,(H4,12,13,14,15,16). The van der Waals surface area contributed by atoms with Crippen LogP contribution in [0.3, 0.4) is 0 Å². The SMILES string of the molecule is NCCCCCSCCc1nc(N)nc(N)n1. The number of thioether (sulfide) groups is 1. The van der Waals surface area contributed by atoms with Crippen molar-refractivity contribution in [2.45, 2.75) is 25.7 Å². The van der Waals surface area contributed by atoms with Gasteiger partial charge in [0.1, 0.15) is 5.82 Å². The molecule has 1 heterocycles. The zero-order valence-corrected chi connectivity index (χ0v) is 10.7. The van der Waals surface area contributed by atoms with E-state index >= 15 is 0 Å². The number of anilines is 2. The Morgan fingerprint density at radius 1 is 0.882 bits per heavy atom. The van der Waals surface area contributed by atoms with E-state index in [1.165, 1.54) is 12.8 Å². The number of unbranched alkanes of at least 4 members (excludes halogenated alkanes) is 2. The lowest BCUT2D eigenvalue weighted by Gasteiger charge is -2.02. The van der Waals surface area contributed by atoms with Crippen LogP contribution < -0.4 is 17.2 Å². The topological polar surface area (TPSA) is 117 Å². The number of nitrogens with zero attached hydrogens (tertiary/aromatic N) is 3. The van der Waals surface area contributed by atoms with Gasteiger partial charge in [-0.15, -0.1) is 0 Å². The highest BCUT2D eigenvalue weighted by Gasteiger charge is 2.01. The molecule has 0 aliphatic carbocycles. The van der Waals surface area contributed by atoms with Crippen LogP contribution in [-0.4, -0.2) is 33.0 Å². The summed E-state index contributed by atoms with van der Waals surface area (Å²) in [5.74, 6) is 3.19. The Bertz CT molecular complexity index is 312. The molecule has 0 aliphatic rings. The Labute approximate surface area is 106 Å². The van der Waals surface area contributed by atoms with Gasteiger partial charge in [0.15, 0.2) is 0 Å². The van der Waals surface area contributed by atoms with Gasteiger partial charge in [-0.1, -0.05) is 6.42 Å². The minimum atomic E-state index is 0.195. The van der Waals surface area contributed by atoms with Gasteiger partial charge in [-0.2, -0.15) is 26.7 Å². The van der Waals surface area contributed by atoms with Crippen molar-refractivity contribution in [1.82, 2.24) is 15.0 Å². The molecule has 6 N–H and O–H groups in total. The molecule has 96 valence electrons. The maximum Gasteiger partial charge on any atom is 0.225 e. The number of hydrogen-bond donors (Lipinski definition) is 3. The third-order valence-corrected chi connectivity index (χ3v) is 3.25. The second-order valence-electron chi connectivity index (χ2n) is 3.68. The van der Waals surface area contributed by atoms with Gasteiger partial charge >= 0.3 is 0 Å². The second kappa shape index (κ2) is 8.08. The molecule has 0 radical (unpaired) electrons. The molecular weight excluding hydrogens is 236 g/mol. The highest BCUT2D eigenvalue weighted by atomic mass is 32.2. The minimum absolute atomic E-state index is 0.195. The first-order chi connectivity index (χ1) is 8.22. The van der Waals surface area contributed by atoms with E-state index in [1.54, 1.807) is 0 Å². The summed E-state index contributed by atoms with van der Waals surface area (Å²) >= 11 is 1.89. The molecule has 0 unspecified atom stereocenters. The minimum Gasteiger partial charge on any atom is -0.368 e. The smallest absolute Gasteiger partial charge is 0.225 e. The lowest BCUT2D eigenvalue weighted by atomic mass is 10.2. The van der Waals surface area contributed by atoms with Crippen LogP contribution in [0.5, 0.6) is 0 Å². The van der Waals surface area contributed by atoms with E-state index in [0.717, 1.165) is 30.9 Å². The van der Waals surface area contributed by atoms with Gasteiger partial charge in [-0.3, -0.25) is 0 Å². The summed E-state index contributed by atoms with van der Waals surface area (Å²) in [6.07, 6.45) is 4.30. The Morgan fingerprint density at radius 3 is 2.24 bits per heavy atom. The molecule has 0 aliphatic heterocycles. The van der Waals surface area contributed by atoms with E-state index in [0.29, 0.717) is 5.82 Å². The average molecular weight is 256 g/mol. The van der Waals surface area contributed by atoms with Crippen LogP contribution in [0.4, 0.5) is 11.9 Å². The van der Waals surface area contributed by atoms with Gasteiger partial charge in [0.25, 0.3) is 0 Å².